The van der Waals surface area contributed by atoms with E-state index >= 15 is 0 Å². The molecule has 1 aromatic carbocycles. The normalized spacial score (nSPS) is 23.2. The molecule has 0 spiro atoms. The van der Waals surface area contributed by atoms with Crippen LogP contribution in [0, 0.1) is 5.82 Å². The average molecular weight is 319 g/mol. The van der Waals surface area contributed by atoms with Gasteiger partial charge in [-0.25, -0.2) is 9.18 Å². The summed E-state index contributed by atoms with van der Waals surface area (Å²) in [5.74, 6) is -0.252. The lowest BCUT2D eigenvalue weighted by molar-refractivity contribution is 0.172. The Hall–Kier alpha value is -1.62. The van der Waals surface area contributed by atoms with Gasteiger partial charge in [0.15, 0.2) is 0 Å². The molecule has 0 bridgehead atoms. The van der Waals surface area contributed by atoms with E-state index in [0.29, 0.717) is 6.04 Å². The number of hydrogen-bond acceptors (Lipinski definition) is 2. The number of halogens is 1. The van der Waals surface area contributed by atoms with E-state index in [-0.39, 0.29) is 17.9 Å². The van der Waals surface area contributed by atoms with Gasteiger partial charge in [0.05, 0.1) is 6.04 Å². The summed E-state index contributed by atoms with van der Waals surface area (Å²) in [6, 6.07) is 6.54. The van der Waals surface area contributed by atoms with Crippen molar-refractivity contribution in [2.24, 2.45) is 0 Å². The Morgan fingerprint density at radius 3 is 2.61 bits per heavy atom. The summed E-state index contributed by atoms with van der Waals surface area (Å²) in [7, 11) is 0. The van der Waals surface area contributed by atoms with Crippen LogP contribution in [0.25, 0.3) is 0 Å². The number of nitrogens with one attached hydrogen (secondary N) is 1. The van der Waals surface area contributed by atoms with Gasteiger partial charge < -0.3 is 15.1 Å². The molecule has 0 radical (unpaired) electrons. The lowest BCUT2D eigenvalue weighted by Gasteiger charge is -2.29. The van der Waals surface area contributed by atoms with Gasteiger partial charge in [-0.1, -0.05) is 12.1 Å². The monoisotopic (exact) mass is 319 g/mol. The molecule has 2 saturated heterocycles. The van der Waals surface area contributed by atoms with Crippen LogP contribution in [0.4, 0.5) is 9.18 Å². The van der Waals surface area contributed by atoms with E-state index < -0.39 is 0 Å². The third kappa shape index (κ3) is 4.02. The molecule has 0 saturated carbocycles. The molecule has 2 atom stereocenters. The first-order valence-corrected chi connectivity index (χ1v) is 8.68. The van der Waals surface area contributed by atoms with Crippen molar-refractivity contribution in [2.45, 2.75) is 44.7 Å². The fraction of sp³-hybridized carbons (Fsp3) is 0.611. The minimum absolute atomic E-state index is 0.00326. The lowest BCUT2D eigenvalue weighted by Crippen LogP contribution is -2.47. The largest absolute Gasteiger partial charge is 0.331 e. The van der Waals surface area contributed by atoms with Crippen LogP contribution < -0.4 is 5.32 Å². The number of likely N-dealkylation sites (tertiary alicyclic amines) is 2. The van der Waals surface area contributed by atoms with Crippen molar-refractivity contribution in [1.82, 2.24) is 15.1 Å². The number of urea groups is 1. The minimum Gasteiger partial charge on any atom is -0.331 e. The first-order valence-electron chi connectivity index (χ1n) is 8.68. The summed E-state index contributed by atoms with van der Waals surface area (Å²) < 4.78 is 13.0. The molecule has 23 heavy (non-hydrogen) atoms. The number of nitrogens with zero attached hydrogens (tertiary/aromatic N) is 2. The zero-order valence-electron chi connectivity index (χ0n) is 13.8. The van der Waals surface area contributed by atoms with Crippen molar-refractivity contribution >= 4 is 6.03 Å². The number of rotatable bonds is 4. The van der Waals surface area contributed by atoms with Crippen LogP contribution in [0.5, 0.6) is 0 Å². The molecule has 1 N–H and O–H groups in total. The second-order valence-electron chi connectivity index (χ2n) is 6.72. The van der Waals surface area contributed by atoms with Crippen LogP contribution in [0.1, 0.15) is 44.2 Å². The Morgan fingerprint density at radius 1 is 1.22 bits per heavy atom. The maximum absolute atomic E-state index is 13.0. The van der Waals surface area contributed by atoms with Gasteiger partial charge in [0.25, 0.3) is 0 Å². The van der Waals surface area contributed by atoms with Gasteiger partial charge in [-0.15, -0.1) is 0 Å². The fourth-order valence-corrected chi connectivity index (χ4v) is 3.66. The molecule has 2 amide bonds. The maximum Gasteiger partial charge on any atom is 0.318 e. The fourth-order valence-electron chi connectivity index (χ4n) is 3.66. The van der Waals surface area contributed by atoms with Gasteiger partial charge in [-0.2, -0.15) is 0 Å². The molecule has 2 aliphatic rings. The second-order valence-corrected chi connectivity index (χ2v) is 6.72. The highest BCUT2D eigenvalue weighted by molar-refractivity contribution is 5.75. The van der Waals surface area contributed by atoms with Crippen molar-refractivity contribution in [3.63, 3.8) is 0 Å². The SMILES string of the molecule is C[C@H](NC(=O)N1CCC[C@@H]1CN1CCCC1)c1ccc(F)cc1. The van der Waals surface area contributed by atoms with E-state index in [1.54, 1.807) is 12.1 Å². The Labute approximate surface area is 137 Å². The molecule has 2 aliphatic heterocycles. The van der Waals surface area contributed by atoms with E-state index in [9.17, 15) is 9.18 Å². The first kappa shape index (κ1) is 16.2. The molecule has 0 aliphatic carbocycles. The van der Waals surface area contributed by atoms with Gasteiger partial charge in [0.1, 0.15) is 5.82 Å². The van der Waals surface area contributed by atoms with Gasteiger partial charge in [-0.05, 0) is 63.4 Å². The maximum atomic E-state index is 13.0. The molecule has 2 fully saturated rings. The summed E-state index contributed by atoms with van der Waals surface area (Å²) in [6.45, 7) is 6.10. The minimum atomic E-state index is -0.252. The highest BCUT2D eigenvalue weighted by atomic mass is 19.1. The quantitative estimate of drug-likeness (QED) is 0.925. The zero-order chi connectivity index (χ0) is 16.2. The number of hydrogen-bond donors (Lipinski definition) is 1. The topological polar surface area (TPSA) is 35.6 Å². The number of amides is 2. The average Bonchev–Trinajstić information content (AvgIpc) is 3.20. The summed E-state index contributed by atoms with van der Waals surface area (Å²) in [5.41, 5.74) is 0.926. The van der Waals surface area contributed by atoms with Crippen LogP contribution in [0.2, 0.25) is 0 Å². The molecular weight excluding hydrogens is 293 g/mol. The number of carbonyl (C=O) groups is 1. The Kier molecular flexibility index (Phi) is 5.16. The second kappa shape index (κ2) is 7.30. The van der Waals surface area contributed by atoms with Crippen LogP contribution in [-0.4, -0.2) is 48.1 Å². The number of carbonyl (C=O) groups excluding carboxylic acids is 1. The standard InChI is InChI=1S/C18H26FN3O/c1-14(15-6-8-16(19)9-7-15)20-18(23)22-12-4-5-17(22)13-21-10-2-3-11-21/h6-9,14,17H,2-5,10-13H2,1H3,(H,20,23)/t14-,17+/m0/s1. The van der Waals surface area contributed by atoms with E-state index in [0.717, 1.165) is 44.6 Å². The van der Waals surface area contributed by atoms with Gasteiger partial charge >= 0.3 is 6.03 Å². The molecule has 1 aromatic rings. The molecule has 4 nitrogen and oxygen atoms in total. The van der Waals surface area contributed by atoms with Gasteiger partial charge in [0, 0.05) is 19.1 Å². The third-order valence-corrected chi connectivity index (χ3v) is 5.02. The Bertz CT molecular complexity index is 528. The van der Waals surface area contributed by atoms with Crippen LogP contribution in [-0.2, 0) is 0 Å². The summed E-state index contributed by atoms with van der Waals surface area (Å²) in [4.78, 5) is 17.1. The molecule has 3 rings (SSSR count). The summed E-state index contributed by atoms with van der Waals surface area (Å²) >= 11 is 0. The summed E-state index contributed by atoms with van der Waals surface area (Å²) in [5, 5.41) is 3.06. The van der Waals surface area contributed by atoms with Crippen molar-refractivity contribution in [3.8, 4) is 0 Å². The van der Waals surface area contributed by atoms with E-state index in [1.165, 1.54) is 25.0 Å². The van der Waals surface area contributed by atoms with Crippen LogP contribution in [0.3, 0.4) is 0 Å². The molecule has 0 unspecified atom stereocenters. The Morgan fingerprint density at radius 2 is 1.91 bits per heavy atom. The smallest absolute Gasteiger partial charge is 0.318 e. The molecular formula is C18H26FN3O. The Balaban J connectivity index is 1.56. The van der Waals surface area contributed by atoms with Crippen LogP contribution >= 0.6 is 0 Å². The highest BCUT2D eigenvalue weighted by Gasteiger charge is 2.31. The lowest BCUT2D eigenvalue weighted by atomic mass is 10.1. The summed E-state index contributed by atoms with van der Waals surface area (Å²) in [6.07, 6.45) is 4.73. The van der Waals surface area contributed by atoms with Crippen molar-refractivity contribution in [2.75, 3.05) is 26.2 Å². The first-order chi connectivity index (χ1) is 11.1. The van der Waals surface area contributed by atoms with E-state index in [2.05, 4.69) is 10.2 Å². The molecule has 0 aromatic heterocycles. The zero-order valence-corrected chi connectivity index (χ0v) is 13.8. The molecule has 5 heteroatoms. The van der Waals surface area contributed by atoms with E-state index in [1.807, 2.05) is 11.8 Å². The van der Waals surface area contributed by atoms with Gasteiger partial charge in [0.2, 0.25) is 0 Å². The predicted octanol–water partition coefficient (Wildman–Crippen LogP) is 3.16. The van der Waals surface area contributed by atoms with Gasteiger partial charge in [-0.3, -0.25) is 0 Å². The third-order valence-electron chi connectivity index (χ3n) is 5.02. The van der Waals surface area contributed by atoms with Crippen molar-refractivity contribution in [1.29, 1.82) is 0 Å². The van der Waals surface area contributed by atoms with Crippen molar-refractivity contribution in [3.05, 3.63) is 35.6 Å². The molecule has 2 heterocycles. The molecule has 126 valence electrons. The highest BCUT2D eigenvalue weighted by Crippen LogP contribution is 2.21. The predicted molar refractivity (Wildman–Crippen MR) is 88.7 cm³/mol. The van der Waals surface area contributed by atoms with Crippen molar-refractivity contribution < 1.29 is 9.18 Å². The van der Waals surface area contributed by atoms with Crippen LogP contribution in [0.15, 0.2) is 24.3 Å². The van der Waals surface area contributed by atoms with E-state index in [4.69, 9.17) is 0 Å². The number of benzene rings is 1.